The number of amides is 2. The summed E-state index contributed by atoms with van der Waals surface area (Å²) >= 11 is 0. The minimum Gasteiger partial charge on any atom is -0.479 e. The number of anilines is 2. The zero-order chi connectivity index (χ0) is 27.9. The Hall–Kier alpha value is -5.02. The third-order valence-electron chi connectivity index (χ3n) is 7.97. The molecule has 4 heterocycles. The third kappa shape index (κ3) is 4.92. The summed E-state index contributed by atoms with van der Waals surface area (Å²) in [4.78, 5) is 26.9. The molecule has 5 aromatic rings. The number of aromatic nitrogens is 3. The lowest BCUT2D eigenvalue weighted by Gasteiger charge is -2.32. The van der Waals surface area contributed by atoms with Gasteiger partial charge >= 0.3 is 12.0 Å². The molecule has 3 aromatic carbocycles. The maximum atomic E-state index is 11.6. The Bertz CT molecular complexity index is 1770. The van der Waals surface area contributed by atoms with Crippen LogP contribution in [0.4, 0.5) is 22.0 Å². The second-order valence-electron chi connectivity index (χ2n) is 10.6. The minimum atomic E-state index is -0.390. The van der Waals surface area contributed by atoms with Crippen LogP contribution in [-0.2, 0) is 6.54 Å². The van der Waals surface area contributed by atoms with Crippen molar-refractivity contribution in [3.05, 3.63) is 90.0 Å². The molecular weight excluding hydrogens is 514 g/mol. The predicted molar refractivity (Wildman–Crippen MR) is 159 cm³/mol. The van der Waals surface area contributed by atoms with Crippen LogP contribution in [0.5, 0.6) is 6.01 Å². The van der Waals surface area contributed by atoms with Gasteiger partial charge in [-0.25, -0.2) is 9.78 Å². The van der Waals surface area contributed by atoms with Gasteiger partial charge in [0.1, 0.15) is 5.82 Å². The van der Waals surface area contributed by atoms with Crippen LogP contribution in [0.25, 0.3) is 33.4 Å². The molecule has 0 aliphatic carbocycles. The molecule has 2 aliphatic heterocycles. The minimum absolute atomic E-state index is 0.195. The summed E-state index contributed by atoms with van der Waals surface area (Å²) in [5.41, 5.74) is 14.2. The molecule has 1 saturated heterocycles. The largest absolute Gasteiger partial charge is 0.479 e. The van der Waals surface area contributed by atoms with Crippen LogP contribution >= 0.6 is 0 Å². The highest BCUT2D eigenvalue weighted by atomic mass is 16.3. The van der Waals surface area contributed by atoms with E-state index >= 15 is 0 Å². The van der Waals surface area contributed by atoms with E-state index in [1.54, 1.807) is 0 Å². The highest BCUT2D eigenvalue weighted by Gasteiger charge is 2.24. The van der Waals surface area contributed by atoms with Gasteiger partial charge in [0.25, 0.3) is 0 Å². The Labute approximate surface area is 237 Å². The van der Waals surface area contributed by atoms with Crippen molar-refractivity contribution in [3.63, 3.8) is 0 Å². The number of benzene rings is 3. The number of urea groups is 1. The Morgan fingerprint density at radius 2 is 1.68 bits per heavy atom. The van der Waals surface area contributed by atoms with E-state index in [1.165, 1.54) is 11.1 Å². The molecule has 2 amide bonds. The van der Waals surface area contributed by atoms with Gasteiger partial charge in [0.2, 0.25) is 0 Å². The molecule has 0 spiro atoms. The van der Waals surface area contributed by atoms with Crippen molar-refractivity contribution in [1.29, 1.82) is 0 Å². The van der Waals surface area contributed by atoms with Gasteiger partial charge in [-0.3, -0.25) is 4.90 Å². The summed E-state index contributed by atoms with van der Waals surface area (Å²) in [6.45, 7) is 2.89. The second kappa shape index (κ2) is 10.2. The lowest BCUT2D eigenvalue weighted by molar-refractivity contribution is 0.204. The highest BCUT2D eigenvalue weighted by molar-refractivity contribution is 6.02. The summed E-state index contributed by atoms with van der Waals surface area (Å²) in [5, 5.41) is 17.3. The first-order chi connectivity index (χ1) is 20.0. The van der Waals surface area contributed by atoms with Crippen LogP contribution in [0.3, 0.4) is 0 Å². The zero-order valence-electron chi connectivity index (χ0n) is 22.3. The van der Waals surface area contributed by atoms with Gasteiger partial charge in [-0.1, -0.05) is 60.7 Å². The Balaban J connectivity index is 1.09. The molecule has 2 aliphatic rings. The molecule has 9 nitrogen and oxygen atoms in total. The molecule has 7 rings (SSSR count). The number of hydrogen-bond donors (Lipinski definition) is 3. The predicted octanol–water partition coefficient (Wildman–Crippen LogP) is 5.81. The summed E-state index contributed by atoms with van der Waals surface area (Å²) in [7, 11) is 0. The van der Waals surface area contributed by atoms with E-state index in [0.717, 1.165) is 66.2 Å². The number of hydrogen-bond acceptors (Lipinski definition) is 7. The summed E-state index contributed by atoms with van der Waals surface area (Å²) < 4.78 is 0. The van der Waals surface area contributed by atoms with E-state index in [2.05, 4.69) is 61.9 Å². The summed E-state index contributed by atoms with van der Waals surface area (Å²) in [6, 6.07) is 25.9. The lowest BCUT2D eigenvalue weighted by Crippen LogP contribution is -2.32. The number of carbonyl (C=O) groups is 1. The number of carbonyl (C=O) groups excluding carboxylic acids is 1. The molecule has 0 atom stereocenters. The van der Waals surface area contributed by atoms with Crippen molar-refractivity contribution < 1.29 is 9.90 Å². The van der Waals surface area contributed by atoms with E-state index in [1.807, 2.05) is 42.5 Å². The number of likely N-dealkylation sites (tertiary alicyclic amines) is 1. The maximum Gasteiger partial charge on any atom is 0.346 e. The van der Waals surface area contributed by atoms with E-state index in [4.69, 9.17) is 10.7 Å². The maximum absolute atomic E-state index is 11.6. The molecule has 0 unspecified atom stereocenters. The molecule has 2 aromatic heterocycles. The molecule has 9 heteroatoms. The quantitative estimate of drug-likeness (QED) is 0.255. The average Bonchev–Trinajstić information content (AvgIpc) is 3.37. The Morgan fingerprint density at radius 1 is 0.902 bits per heavy atom. The van der Waals surface area contributed by atoms with Crippen LogP contribution in [0.1, 0.15) is 29.9 Å². The van der Waals surface area contributed by atoms with E-state index < -0.39 is 6.01 Å². The van der Waals surface area contributed by atoms with Crippen LogP contribution < -0.4 is 16.4 Å². The number of pyridine rings is 1. The van der Waals surface area contributed by atoms with E-state index in [9.17, 15) is 9.90 Å². The van der Waals surface area contributed by atoms with Crippen molar-refractivity contribution in [1.82, 2.24) is 25.2 Å². The normalized spacial score (nSPS) is 15.5. The molecule has 203 valence electrons. The van der Waals surface area contributed by atoms with Gasteiger partial charge in [0, 0.05) is 17.7 Å². The van der Waals surface area contributed by atoms with Gasteiger partial charge < -0.3 is 16.2 Å². The van der Waals surface area contributed by atoms with Crippen molar-refractivity contribution in [2.45, 2.75) is 25.3 Å². The van der Waals surface area contributed by atoms with Gasteiger partial charge in [-0.2, -0.15) is 15.3 Å². The van der Waals surface area contributed by atoms with Crippen molar-refractivity contribution in [2.24, 2.45) is 0 Å². The van der Waals surface area contributed by atoms with Gasteiger partial charge in [-0.05, 0) is 66.7 Å². The molecular formula is C32H28N7O2. The number of rotatable bonds is 5. The number of aromatic hydroxyl groups is 1. The fourth-order valence-corrected chi connectivity index (χ4v) is 5.83. The first-order valence-electron chi connectivity index (χ1n) is 13.7. The average molecular weight is 543 g/mol. The molecule has 0 bridgehead atoms. The van der Waals surface area contributed by atoms with Gasteiger partial charge in [0.05, 0.1) is 22.5 Å². The van der Waals surface area contributed by atoms with Gasteiger partial charge in [-0.15, -0.1) is 0 Å². The number of fused-ring (bicyclic) bond motifs is 2. The monoisotopic (exact) mass is 542 g/mol. The van der Waals surface area contributed by atoms with Gasteiger partial charge in [0.15, 0.2) is 5.65 Å². The Morgan fingerprint density at radius 3 is 2.46 bits per heavy atom. The number of nitrogen functional groups attached to an aromatic ring is 1. The van der Waals surface area contributed by atoms with E-state index in [0.29, 0.717) is 17.0 Å². The van der Waals surface area contributed by atoms with Crippen LogP contribution in [0.15, 0.2) is 78.9 Å². The fraction of sp³-hybridized carbons (Fsp3) is 0.188. The molecule has 1 fully saturated rings. The van der Waals surface area contributed by atoms with Crippen molar-refractivity contribution in [3.8, 4) is 28.4 Å². The standard InChI is InChI=1S/C32H28N7O2/c33-29-25-17-24(21-4-2-1-3-5-21)28(36-30(25)38-32(41)37-29)22-8-6-19(7-9-22)18-39-14-12-20(13-15-39)23-10-11-26-27(16-23)35-31(40)34-26/h1-11,16-17,20H,12-15,18H2,(H,34,40)(H3,33,36,37,38,41). The van der Waals surface area contributed by atoms with Crippen molar-refractivity contribution >= 4 is 34.3 Å². The number of piperidine rings is 1. The smallest absolute Gasteiger partial charge is 0.346 e. The molecule has 4 N–H and O–H groups in total. The highest BCUT2D eigenvalue weighted by Crippen LogP contribution is 2.36. The molecule has 1 radical (unpaired) electrons. The number of nitrogens with two attached hydrogens (primary N) is 1. The number of nitrogens with zero attached hydrogens (tertiary/aromatic N) is 5. The third-order valence-corrected chi connectivity index (χ3v) is 7.97. The molecule has 0 saturated carbocycles. The first kappa shape index (κ1) is 25.0. The summed E-state index contributed by atoms with van der Waals surface area (Å²) in [6.07, 6.45) is 2.13. The van der Waals surface area contributed by atoms with Crippen LogP contribution in [0, 0.1) is 0 Å². The summed E-state index contributed by atoms with van der Waals surface area (Å²) in [5.74, 6) is 0.665. The van der Waals surface area contributed by atoms with Crippen LogP contribution in [0.2, 0.25) is 0 Å². The Kier molecular flexibility index (Phi) is 6.20. The topological polar surface area (TPSA) is 131 Å². The zero-order valence-corrected chi connectivity index (χ0v) is 22.3. The molecule has 41 heavy (non-hydrogen) atoms. The number of nitrogens with one attached hydrogen (secondary N) is 1. The first-order valence-corrected chi connectivity index (χ1v) is 13.7. The fourth-order valence-electron chi connectivity index (χ4n) is 5.83. The lowest BCUT2D eigenvalue weighted by atomic mass is 9.89. The van der Waals surface area contributed by atoms with Crippen molar-refractivity contribution in [2.75, 3.05) is 24.1 Å². The van der Waals surface area contributed by atoms with Crippen LogP contribution in [-0.4, -0.2) is 44.1 Å². The van der Waals surface area contributed by atoms with E-state index in [-0.39, 0.29) is 11.8 Å². The SMILES string of the molecule is Nc1nc(O)nc2nc(-c3ccc(CN4CCC(c5ccc6c(c5)[N]C(=O)N6)CC4)cc3)c(-c3ccccc3)cc12. The second-order valence-corrected chi connectivity index (χ2v) is 10.6.